The van der Waals surface area contributed by atoms with Crippen molar-refractivity contribution >= 4 is 39.4 Å². The molecule has 1 aromatic heterocycles. The Kier molecular flexibility index (Phi) is 6.81. The van der Waals surface area contributed by atoms with Crippen LogP contribution in [0.3, 0.4) is 0 Å². The van der Waals surface area contributed by atoms with Crippen molar-refractivity contribution in [1.82, 2.24) is 10.4 Å². The Balaban J connectivity index is 1.72. The molecule has 7 nitrogen and oxygen atoms in total. The predicted molar refractivity (Wildman–Crippen MR) is 118 cm³/mol. The lowest BCUT2D eigenvalue weighted by Gasteiger charge is -2.22. The van der Waals surface area contributed by atoms with Crippen molar-refractivity contribution in [2.75, 3.05) is 10.6 Å². The first-order valence-corrected chi connectivity index (χ1v) is 11.1. The maximum atomic E-state index is 12.3. The number of benzene rings is 2. The van der Waals surface area contributed by atoms with Gasteiger partial charge in [-0.25, -0.2) is 13.8 Å². The molecule has 1 heterocycles. The molecule has 1 amide bonds. The molecule has 30 heavy (non-hydrogen) atoms. The Bertz CT molecular complexity index is 1130. The number of rotatable bonds is 7. The van der Waals surface area contributed by atoms with Crippen molar-refractivity contribution in [1.29, 1.82) is 0 Å². The number of carbonyl (C=O) groups excluding carboxylic acids is 1. The lowest BCUT2D eigenvalue weighted by molar-refractivity contribution is 0.0955. The quantitative estimate of drug-likeness (QED) is 0.448. The average Bonchev–Trinajstić information content (AvgIpc) is 2.73. The predicted octanol–water partition coefficient (Wildman–Crippen LogP) is 3.47. The summed E-state index contributed by atoms with van der Waals surface area (Å²) in [6.45, 7) is 0.151. The van der Waals surface area contributed by atoms with Crippen LogP contribution in [0.5, 0.6) is 0 Å². The number of hydrogen-bond donors (Lipinski definition) is 1. The van der Waals surface area contributed by atoms with Gasteiger partial charge in [0.2, 0.25) is 10.0 Å². The fourth-order valence-electron chi connectivity index (χ4n) is 2.61. The third-order valence-corrected chi connectivity index (χ3v) is 5.54. The van der Waals surface area contributed by atoms with E-state index >= 15 is 0 Å². The van der Waals surface area contributed by atoms with Crippen LogP contribution < -0.4 is 9.73 Å². The van der Waals surface area contributed by atoms with Gasteiger partial charge in [0.15, 0.2) is 0 Å². The molecule has 0 aliphatic heterocycles. The SMILES string of the molecule is CS(=O)(=O)N(Cc1ccc(Cl)cc1)c1ccc(C(=O)N/N=C\c2ccncc2)cc1. The second kappa shape index (κ2) is 9.51. The minimum atomic E-state index is -3.53. The Morgan fingerprint density at radius 3 is 2.30 bits per heavy atom. The summed E-state index contributed by atoms with van der Waals surface area (Å²) in [4.78, 5) is 16.2. The number of nitrogens with one attached hydrogen (secondary N) is 1. The highest BCUT2D eigenvalue weighted by atomic mass is 35.5. The van der Waals surface area contributed by atoms with E-state index in [1.807, 2.05) is 0 Å². The van der Waals surface area contributed by atoms with Gasteiger partial charge in [-0.1, -0.05) is 23.7 Å². The molecule has 9 heteroatoms. The molecule has 0 aliphatic rings. The molecular formula is C21H19ClN4O3S. The second-order valence-corrected chi connectivity index (χ2v) is 8.77. The van der Waals surface area contributed by atoms with Crippen molar-refractivity contribution < 1.29 is 13.2 Å². The third kappa shape index (κ3) is 5.88. The van der Waals surface area contributed by atoms with Crippen LogP contribution in [0.1, 0.15) is 21.5 Å². The van der Waals surface area contributed by atoms with E-state index in [2.05, 4.69) is 15.5 Å². The van der Waals surface area contributed by atoms with Crippen LogP contribution in [0.2, 0.25) is 5.02 Å². The van der Waals surface area contributed by atoms with Gasteiger partial charge in [-0.2, -0.15) is 5.10 Å². The lowest BCUT2D eigenvalue weighted by atomic mass is 10.2. The summed E-state index contributed by atoms with van der Waals surface area (Å²) in [5.74, 6) is -0.407. The normalized spacial score (nSPS) is 11.4. The maximum Gasteiger partial charge on any atom is 0.271 e. The third-order valence-electron chi connectivity index (χ3n) is 4.14. The van der Waals surface area contributed by atoms with Crippen LogP contribution in [0, 0.1) is 0 Å². The van der Waals surface area contributed by atoms with Crippen molar-refractivity contribution in [2.24, 2.45) is 5.10 Å². The number of anilines is 1. The molecule has 1 N–H and O–H groups in total. The van der Waals surface area contributed by atoms with Gasteiger partial charge in [0, 0.05) is 23.0 Å². The van der Waals surface area contributed by atoms with Gasteiger partial charge in [0.1, 0.15) is 0 Å². The van der Waals surface area contributed by atoms with Gasteiger partial charge < -0.3 is 0 Å². The van der Waals surface area contributed by atoms with Crippen molar-refractivity contribution in [3.8, 4) is 0 Å². The first-order chi connectivity index (χ1) is 14.3. The van der Waals surface area contributed by atoms with Crippen molar-refractivity contribution in [3.05, 3.63) is 94.8 Å². The first-order valence-electron chi connectivity index (χ1n) is 8.88. The van der Waals surface area contributed by atoms with Crippen molar-refractivity contribution in [2.45, 2.75) is 6.54 Å². The molecule has 2 aromatic carbocycles. The topological polar surface area (TPSA) is 91.7 Å². The molecule has 0 unspecified atom stereocenters. The molecule has 0 aliphatic carbocycles. The molecule has 0 saturated carbocycles. The van der Waals surface area contributed by atoms with Gasteiger partial charge in [-0.3, -0.25) is 14.1 Å². The zero-order chi connectivity index (χ0) is 21.6. The lowest BCUT2D eigenvalue weighted by Crippen LogP contribution is -2.29. The zero-order valence-electron chi connectivity index (χ0n) is 16.1. The molecule has 3 rings (SSSR count). The van der Waals surface area contributed by atoms with Crippen molar-refractivity contribution in [3.63, 3.8) is 0 Å². The summed E-state index contributed by atoms with van der Waals surface area (Å²) < 4.78 is 25.9. The summed E-state index contributed by atoms with van der Waals surface area (Å²) in [5, 5.41) is 4.48. The van der Waals surface area contributed by atoms with E-state index in [1.54, 1.807) is 73.1 Å². The number of hydrogen-bond acceptors (Lipinski definition) is 5. The van der Waals surface area contributed by atoms with Crippen LogP contribution in [-0.4, -0.2) is 31.8 Å². The van der Waals surface area contributed by atoms with Gasteiger partial charge in [-0.15, -0.1) is 0 Å². The minimum Gasteiger partial charge on any atom is -0.267 e. The number of aromatic nitrogens is 1. The Morgan fingerprint density at radius 2 is 1.70 bits per heavy atom. The van der Waals surface area contributed by atoms with E-state index in [9.17, 15) is 13.2 Å². The number of nitrogens with zero attached hydrogens (tertiary/aromatic N) is 3. The average molecular weight is 443 g/mol. The summed E-state index contributed by atoms with van der Waals surface area (Å²) in [7, 11) is -3.53. The molecule has 3 aromatic rings. The van der Waals surface area contributed by atoms with Gasteiger partial charge in [-0.05, 0) is 59.7 Å². The standard InChI is InChI=1S/C21H19ClN4O3S/c1-30(28,29)26(15-17-2-6-19(22)7-3-17)20-8-4-18(5-9-20)21(27)25-24-14-16-10-12-23-13-11-16/h2-14H,15H2,1H3,(H,25,27)/b24-14-. The fourth-order valence-corrected chi connectivity index (χ4v) is 3.63. The summed E-state index contributed by atoms with van der Waals surface area (Å²) >= 11 is 5.89. The number of amides is 1. The van der Waals surface area contributed by atoms with Gasteiger partial charge in [0.25, 0.3) is 5.91 Å². The van der Waals surface area contributed by atoms with Gasteiger partial charge in [0.05, 0.1) is 24.7 Å². The minimum absolute atomic E-state index is 0.151. The molecule has 0 bridgehead atoms. The maximum absolute atomic E-state index is 12.3. The number of carbonyl (C=O) groups is 1. The van der Waals surface area contributed by atoms with E-state index in [-0.39, 0.29) is 6.54 Å². The molecule has 0 spiro atoms. The van der Waals surface area contributed by atoms with Crippen LogP contribution in [0.25, 0.3) is 0 Å². The number of halogens is 1. The molecule has 154 valence electrons. The second-order valence-electron chi connectivity index (χ2n) is 6.42. The number of hydrazone groups is 1. The van der Waals surface area contributed by atoms with Crippen LogP contribution >= 0.6 is 11.6 Å². The Hall–Kier alpha value is -3.23. The van der Waals surface area contributed by atoms with Gasteiger partial charge >= 0.3 is 0 Å². The van der Waals surface area contributed by atoms with Crippen LogP contribution in [0.15, 0.2) is 78.2 Å². The van der Waals surface area contributed by atoms with E-state index in [0.29, 0.717) is 16.3 Å². The first kappa shape index (κ1) is 21.5. The highest BCUT2D eigenvalue weighted by molar-refractivity contribution is 7.92. The molecule has 0 atom stereocenters. The van der Waals surface area contributed by atoms with E-state index in [1.165, 1.54) is 10.5 Å². The highest BCUT2D eigenvalue weighted by Gasteiger charge is 2.18. The fraction of sp³-hybridized carbons (Fsp3) is 0.0952. The highest BCUT2D eigenvalue weighted by Crippen LogP contribution is 2.22. The molecule has 0 fully saturated rings. The van der Waals surface area contributed by atoms with Crippen LogP contribution in [0.4, 0.5) is 5.69 Å². The number of pyridine rings is 1. The molecule has 0 saturated heterocycles. The van der Waals surface area contributed by atoms with E-state index in [4.69, 9.17) is 11.6 Å². The summed E-state index contributed by atoms with van der Waals surface area (Å²) in [5.41, 5.74) is 4.82. The Morgan fingerprint density at radius 1 is 1.07 bits per heavy atom. The monoisotopic (exact) mass is 442 g/mol. The van der Waals surface area contributed by atoms with Crippen LogP contribution in [-0.2, 0) is 16.6 Å². The zero-order valence-corrected chi connectivity index (χ0v) is 17.6. The van der Waals surface area contributed by atoms with E-state index < -0.39 is 15.9 Å². The largest absolute Gasteiger partial charge is 0.271 e. The summed E-state index contributed by atoms with van der Waals surface area (Å²) in [6.07, 6.45) is 5.89. The smallest absolute Gasteiger partial charge is 0.267 e. The Labute approximate surface area is 180 Å². The van der Waals surface area contributed by atoms with E-state index in [0.717, 1.165) is 17.4 Å². The molecule has 0 radical (unpaired) electrons. The summed E-state index contributed by atoms with van der Waals surface area (Å²) in [6, 6.07) is 16.7. The molecular weight excluding hydrogens is 424 g/mol. The number of sulfonamides is 1.